The number of hydrogen-bond acceptors (Lipinski definition) is 6. The van der Waals surface area contributed by atoms with Gasteiger partial charge in [0.25, 0.3) is 0 Å². The Morgan fingerprint density at radius 3 is 2.94 bits per heavy atom. The van der Waals surface area contributed by atoms with E-state index in [1.54, 1.807) is 7.11 Å². The smallest absolute Gasteiger partial charge is 0.228 e. The fourth-order valence-electron chi connectivity index (χ4n) is 9.76. The lowest BCUT2D eigenvalue weighted by Crippen LogP contribution is -2.69. The second kappa shape index (κ2) is 6.66. The number of aromatic nitrogens is 2. The molecule has 6 atom stereocenters. The van der Waals surface area contributed by atoms with E-state index in [9.17, 15) is 5.11 Å². The first-order chi connectivity index (χ1) is 16.6. The van der Waals surface area contributed by atoms with Crippen molar-refractivity contribution in [2.24, 2.45) is 23.2 Å². The van der Waals surface area contributed by atoms with Gasteiger partial charge in [0.1, 0.15) is 5.75 Å². The molecule has 0 amide bonds. The molecule has 6 nitrogen and oxygen atoms in total. The van der Waals surface area contributed by atoms with Crippen LogP contribution in [0.25, 0.3) is 0 Å². The van der Waals surface area contributed by atoms with E-state index < -0.39 is 0 Å². The van der Waals surface area contributed by atoms with Gasteiger partial charge in [0.15, 0.2) is 0 Å². The highest BCUT2D eigenvalue weighted by Crippen LogP contribution is 2.75. The van der Waals surface area contributed by atoms with E-state index in [4.69, 9.17) is 9.72 Å². The van der Waals surface area contributed by atoms with Crippen molar-refractivity contribution in [1.82, 2.24) is 14.9 Å². The molecule has 5 fully saturated rings. The lowest BCUT2D eigenvalue weighted by atomic mass is 9.43. The number of aromatic hydroxyl groups is 1. The number of anilines is 1. The van der Waals surface area contributed by atoms with Crippen LogP contribution in [0.3, 0.4) is 0 Å². The van der Waals surface area contributed by atoms with Gasteiger partial charge in [-0.1, -0.05) is 6.07 Å². The molecule has 4 bridgehead atoms. The first kappa shape index (κ1) is 19.9. The SMILES string of the molecule is COc1ccnc(N2C[C@H]3C[C@@]45CCC2C3[C@@]42CCN(CC3CC3)[C@@H]5Cc3ccc(O)cc32)n1. The molecule has 2 aliphatic heterocycles. The number of nitrogens with zero attached hydrogens (tertiary/aromatic N) is 4. The highest BCUT2D eigenvalue weighted by Gasteiger charge is 2.76. The number of fused-ring (bicyclic) bond motifs is 1. The van der Waals surface area contributed by atoms with Gasteiger partial charge in [-0.2, -0.15) is 4.98 Å². The Morgan fingerprint density at radius 1 is 1.18 bits per heavy atom. The Bertz CT molecular complexity index is 1170. The van der Waals surface area contributed by atoms with Gasteiger partial charge < -0.3 is 14.7 Å². The van der Waals surface area contributed by atoms with Crippen LogP contribution in [0.2, 0.25) is 0 Å². The van der Waals surface area contributed by atoms with Crippen molar-refractivity contribution in [2.45, 2.75) is 62.4 Å². The number of benzene rings is 1. The summed E-state index contributed by atoms with van der Waals surface area (Å²) < 4.78 is 5.43. The predicted octanol–water partition coefficient (Wildman–Crippen LogP) is 3.77. The molecule has 3 heterocycles. The molecule has 1 aromatic carbocycles. The van der Waals surface area contributed by atoms with Crippen molar-refractivity contribution in [1.29, 1.82) is 0 Å². The summed E-state index contributed by atoms with van der Waals surface area (Å²) >= 11 is 0. The molecule has 3 saturated carbocycles. The number of piperidine rings is 1. The average Bonchev–Trinajstić information content (AvgIpc) is 3.54. The molecular weight excluding hydrogens is 424 g/mol. The third kappa shape index (κ3) is 2.36. The largest absolute Gasteiger partial charge is 0.508 e. The van der Waals surface area contributed by atoms with Gasteiger partial charge in [-0.3, -0.25) is 4.90 Å². The molecule has 2 unspecified atom stereocenters. The number of ether oxygens (including phenoxy) is 1. The minimum Gasteiger partial charge on any atom is -0.508 e. The summed E-state index contributed by atoms with van der Waals surface area (Å²) in [5.41, 5.74) is 3.51. The standard InChI is InChI=1S/C28H34N4O2/c1-34-24-7-10-29-26(30-24)32-16-19-14-27-8-6-22(32)25(19)28(27)9-11-31(15-17-2-3-17)23(27)12-18-4-5-20(33)13-21(18)28/h4-5,7,10,13,17,19,22-23,25,33H,2-3,6,8-9,11-12,14-16H2,1H3/t19-,22?,23-,25?,27-,28+/m1/s1. The van der Waals surface area contributed by atoms with Gasteiger partial charge in [0, 0.05) is 42.9 Å². The van der Waals surface area contributed by atoms with Crippen LogP contribution in [0.4, 0.5) is 5.95 Å². The average molecular weight is 459 g/mol. The summed E-state index contributed by atoms with van der Waals surface area (Å²) in [5, 5.41) is 10.6. The summed E-state index contributed by atoms with van der Waals surface area (Å²) in [5.74, 6) is 4.13. The van der Waals surface area contributed by atoms with Gasteiger partial charge >= 0.3 is 0 Å². The molecule has 0 spiro atoms. The molecule has 6 heteroatoms. The fourth-order valence-corrected chi connectivity index (χ4v) is 9.76. The van der Waals surface area contributed by atoms with E-state index in [-0.39, 0.29) is 5.41 Å². The van der Waals surface area contributed by atoms with Crippen LogP contribution in [-0.2, 0) is 11.8 Å². The zero-order valence-electron chi connectivity index (χ0n) is 20.0. The summed E-state index contributed by atoms with van der Waals surface area (Å²) in [6.07, 6.45) is 10.9. The maximum absolute atomic E-state index is 10.6. The van der Waals surface area contributed by atoms with Crippen molar-refractivity contribution < 1.29 is 9.84 Å². The topological polar surface area (TPSA) is 61.7 Å². The molecule has 4 aliphatic carbocycles. The molecular formula is C28H34N4O2. The second-order valence-electron chi connectivity index (χ2n) is 12.0. The first-order valence-corrected chi connectivity index (χ1v) is 13.3. The van der Waals surface area contributed by atoms with E-state index in [1.807, 2.05) is 18.3 Å². The Balaban J connectivity index is 1.27. The Labute approximate surface area is 201 Å². The first-order valence-electron chi connectivity index (χ1n) is 13.3. The minimum absolute atomic E-state index is 0.172. The summed E-state index contributed by atoms with van der Waals surface area (Å²) in [4.78, 5) is 14.9. The van der Waals surface area contributed by atoms with E-state index in [1.165, 1.54) is 62.7 Å². The molecule has 34 heavy (non-hydrogen) atoms. The van der Waals surface area contributed by atoms with E-state index in [0.717, 1.165) is 24.8 Å². The summed E-state index contributed by atoms with van der Waals surface area (Å²) in [6.45, 7) is 3.57. The normalized spacial score (nSPS) is 39.6. The fraction of sp³-hybridized carbons (Fsp3) is 0.643. The molecule has 1 N–H and O–H groups in total. The minimum atomic E-state index is 0.172. The molecule has 1 aromatic heterocycles. The maximum Gasteiger partial charge on any atom is 0.228 e. The van der Waals surface area contributed by atoms with E-state index in [0.29, 0.717) is 41.0 Å². The van der Waals surface area contributed by atoms with E-state index >= 15 is 0 Å². The van der Waals surface area contributed by atoms with Gasteiger partial charge in [-0.05, 0) is 97.9 Å². The number of hydrogen-bond donors (Lipinski definition) is 1. The zero-order valence-corrected chi connectivity index (χ0v) is 20.0. The zero-order chi connectivity index (χ0) is 22.7. The number of rotatable bonds is 4. The lowest BCUT2D eigenvalue weighted by Gasteiger charge is -2.66. The van der Waals surface area contributed by atoms with Gasteiger partial charge in [-0.25, -0.2) is 4.98 Å². The van der Waals surface area contributed by atoms with Crippen LogP contribution >= 0.6 is 0 Å². The summed E-state index contributed by atoms with van der Waals surface area (Å²) in [7, 11) is 1.68. The van der Waals surface area contributed by atoms with Gasteiger partial charge in [0.2, 0.25) is 11.8 Å². The van der Waals surface area contributed by atoms with Crippen LogP contribution in [-0.4, -0.2) is 58.8 Å². The quantitative estimate of drug-likeness (QED) is 0.753. The van der Waals surface area contributed by atoms with Crippen LogP contribution < -0.4 is 9.64 Å². The number of methoxy groups -OCH3 is 1. The third-order valence-corrected chi connectivity index (χ3v) is 10.9. The number of phenolic OH excluding ortho intramolecular Hbond substituents is 1. The van der Waals surface area contributed by atoms with Gasteiger partial charge in [-0.15, -0.1) is 0 Å². The molecule has 8 rings (SSSR count). The van der Waals surface area contributed by atoms with Crippen molar-refractivity contribution in [3.63, 3.8) is 0 Å². The number of likely N-dealkylation sites (tertiary alicyclic amines) is 1. The molecule has 0 radical (unpaired) electrons. The Kier molecular flexibility index (Phi) is 3.90. The van der Waals surface area contributed by atoms with Gasteiger partial charge in [0.05, 0.1) is 7.11 Å². The van der Waals surface area contributed by atoms with Crippen molar-refractivity contribution in [2.75, 3.05) is 31.6 Å². The highest BCUT2D eigenvalue weighted by molar-refractivity contribution is 5.53. The second-order valence-corrected chi connectivity index (χ2v) is 12.0. The Morgan fingerprint density at radius 2 is 2.09 bits per heavy atom. The summed E-state index contributed by atoms with van der Waals surface area (Å²) in [6, 6.07) is 9.29. The molecule has 6 aliphatic rings. The monoisotopic (exact) mass is 458 g/mol. The van der Waals surface area contributed by atoms with Crippen LogP contribution in [0, 0.1) is 23.2 Å². The highest BCUT2D eigenvalue weighted by atomic mass is 16.5. The van der Waals surface area contributed by atoms with Crippen molar-refractivity contribution in [3.05, 3.63) is 41.6 Å². The maximum atomic E-state index is 10.6. The van der Waals surface area contributed by atoms with Crippen molar-refractivity contribution >= 4 is 5.95 Å². The van der Waals surface area contributed by atoms with Crippen LogP contribution in [0.1, 0.15) is 49.7 Å². The number of phenols is 1. The molecule has 178 valence electrons. The molecule has 2 saturated heterocycles. The van der Waals surface area contributed by atoms with Crippen LogP contribution in [0.15, 0.2) is 30.5 Å². The predicted molar refractivity (Wildman–Crippen MR) is 129 cm³/mol. The lowest BCUT2D eigenvalue weighted by molar-refractivity contribution is -0.0921. The Hall–Kier alpha value is -2.34. The van der Waals surface area contributed by atoms with Crippen LogP contribution in [0.5, 0.6) is 11.6 Å². The molecule has 2 aromatic rings. The third-order valence-electron chi connectivity index (χ3n) is 10.9. The van der Waals surface area contributed by atoms with E-state index in [2.05, 4.69) is 26.9 Å². The van der Waals surface area contributed by atoms with Crippen molar-refractivity contribution in [3.8, 4) is 11.6 Å².